The van der Waals surface area contributed by atoms with E-state index in [4.69, 9.17) is 15.9 Å². The number of nitrogens with zero attached hydrogens (tertiary/aromatic N) is 2. The summed E-state index contributed by atoms with van der Waals surface area (Å²) < 4.78 is 5.64. The Kier molecular flexibility index (Phi) is 8.40. The molecule has 186 valence electrons. The highest BCUT2D eigenvalue weighted by atomic mass is 16.5. The second-order valence-electron chi connectivity index (χ2n) is 10.3. The van der Waals surface area contributed by atoms with Crippen LogP contribution in [0, 0.1) is 23.2 Å². The van der Waals surface area contributed by atoms with E-state index in [-0.39, 0.29) is 35.6 Å². The maximum absolute atomic E-state index is 12.8. The van der Waals surface area contributed by atoms with Crippen molar-refractivity contribution in [2.45, 2.75) is 76.7 Å². The second-order valence-corrected chi connectivity index (χ2v) is 10.3. The lowest BCUT2D eigenvalue weighted by Gasteiger charge is -2.34. The minimum absolute atomic E-state index is 0.0122. The van der Waals surface area contributed by atoms with E-state index in [1.807, 2.05) is 12.1 Å². The Morgan fingerprint density at radius 1 is 1.00 bits per heavy atom. The topological polar surface area (TPSA) is 121 Å². The third kappa shape index (κ3) is 6.48. The van der Waals surface area contributed by atoms with Crippen LogP contribution in [0.4, 0.5) is 5.82 Å². The molecule has 0 atom stereocenters. The van der Waals surface area contributed by atoms with Crippen molar-refractivity contribution in [2.24, 2.45) is 23.5 Å². The summed E-state index contributed by atoms with van der Waals surface area (Å²) in [4.78, 5) is 31.9. The highest BCUT2D eigenvalue weighted by molar-refractivity contribution is 5.94. The normalized spacial score (nSPS) is 24.4. The first kappa shape index (κ1) is 24.5. The number of anilines is 1. The second kappa shape index (κ2) is 11.7. The molecule has 2 saturated carbocycles. The van der Waals surface area contributed by atoms with Crippen molar-refractivity contribution >= 4 is 23.5 Å². The predicted molar refractivity (Wildman–Crippen MR) is 132 cm³/mol. The molecule has 2 aliphatic carbocycles. The average molecular weight is 470 g/mol. The molecule has 1 saturated heterocycles. The van der Waals surface area contributed by atoms with Gasteiger partial charge in [0.2, 0.25) is 5.91 Å². The molecular formula is C26H39N5O3. The molecular weight excluding hydrogens is 430 g/mol. The highest BCUT2D eigenvalue weighted by Crippen LogP contribution is 2.29. The van der Waals surface area contributed by atoms with E-state index >= 15 is 0 Å². The monoisotopic (exact) mass is 469 g/mol. The number of nitrogens with two attached hydrogens (primary N) is 1. The fourth-order valence-corrected chi connectivity index (χ4v) is 5.57. The number of rotatable bonds is 7. The van der Waals surface area contributed by atoms with Crippen LogP contribution < -0.4 is 16.0 Å². The van der Waals surface area contributed by atoms with Crippen LogP contribution in [-0.4, -0.2) is 48.4 Å². The van der Waals surface area contributed by atoms with E-state index < -0.39 is 0 Å². The van der Waals surface area contributed by atoms with Gasteiger partial charge in [-0.05, 0) is 69.4 Å². The minimum Gasteiger partial charge on any atom is -0.465 e. The Balaban J connectivity index is 1.14. The molecule has 3 fully saturated rings. The van der Waals surface area contributed by atoms with Crippen LogP contribution in [0.2, 0.25) is 0 Å². The zero-order valence-corrected chi connectivity index (χ0v) is 20.1. The third-order valence-corrected chi connectivity index (χ3v) is 7.84. The largest absolute Gasteiger partial charge is 0.465 e. The smallest absolute Gasteiger partial charge is 0.308 e. The van der Waals surface area contributed by atoms with E-state index in [9.17, 15) is 9.59 Å². The summed E-state index contributed by atoms with van der Waals surface area (Å²) in [6.07, 6.45) is 12.7. The fraction of sp³-hybridized carbons (Fsp3) is 0.692. The molecule has 0 unspecified atom stereocenters. The van der Waals surface area contributed by atoms with Gasteiger partial charge in [-0.1, -0.05) is 19.3 Å². The molecule has 8 heteroatoms. The van der Waals surface area contributed by atoms with E-state index in [2.05, 4.69) is 15.2 Å². The number of carbonyl (C=O) groups excluding carboxylic acids is 2. The summed E-state index contributed by atoms with van der Waals surface area (Å²) in [7, 11) is 0. The minimum atomic E-state index is -0.0346. The number of piperidine rings is 1. The summed E-state index contributed by atoms with van der Waals surface area (Å²) in [5, 5.41) is 10.7. The number of carbonyl (C=O) groups is 2. The van der Waals surface area contributed by atoms with Crippen LogP contribution >= 0.6 is 0 Å². The molecule has 2 heterocycles. The Morgan fingerprint density at radius 2 is 1.71 bits per heavy atom. The fourth-order valence-electron chi connectivity index (χ4n) is 5.57. The van der Waals surface area contributed by atoms with Crippen LogP contribution in [0.25, 0.3) is 0 Å². The van der Waals surface area contributed by atoms with E-state index in [0.717, 1.165) is 57.4 Å². The van der Waals surface area contributed by atoms with Gasteiger partial charge in [0.05, 0.1) is 12.5 Å². The van der Waals surface area contributed by atoms with Crippen molar-refractivity contribution < 1.29 is 14.3 Å². The zero-order chi connectivity index (χ0) is 23.9. The number of hydrogen-bond acceptors (Lipinski definition) is 6. The van der Waals surface area contributed by atoms with Gasteiger partial charge in [-0.3, -0.25) is 15.0 Å². The van der Waals surface area contributed by atoms with Gasteiger partial charge in [-0.2, -0.15) is 0 Å². The lowest BCUT2D eigenvalue weighted by molar-refractivity contribution is -0.151. The molecule has 0 aromatic carbocycles. The van der Waals surface area contributed by atoms with Gasteiger partial charge < -0.3 is 20.7 Å². The molecule has 4 rings (SSSR count). The lowest BCUT2D eigenvalue weighted by atomic mass is 9.85. The van der Waals surface area contributed by atoms with Gasteiger partial charge in [0.15, 0.2) is 0 Å². The quantitative estimate of drug-likeness (QED) is 0.320. The van der Waals surface area contributed by atoms with Crippen LogP contribution in [0.5, 0.6) is 0 Å². The van der Waals surface area contributed by atoms with Gasteiger partial charge in [0, 0.05) is 36.8 Å². The number of pyridine rings is 1. The van der Waals surface area contributed by atoms with Crippen molar-refractivity contribution in [2.75, 3.05) is 24.6 Å². The molecule has 0 spiro atoms. The first-order chi connectivity index (χ1) is 16.5. The third-order valence-electron chi connectivity index (χ3n) is 7.84. The Hall–Kier alpha value is -2.64. The van der Waals surface area contributed by atoms with Gasteiger partial charge in [0.1, 0.15) is 11.7 Å². The SMILES string of the molecule is N=C(N)c1ccc(N2CCC(C(=O)NC3CCC(C(=O)OCC4CCCCC4)CC3)CC2)nc1. The molecule has 1 aliphatic heterocycles. The average Bonchev–Trinajstić information content (AvgIpc) is 2.88. The van der Waals surface area contributed by atoms with Gasteiger partial charge in [-0.15, -0.1) is 0 Å². The van der Waals surface area contributed by atoms with Gasteiger partial charge >= 0.3 is 5.97 Å². The van der Waals surface area contributed by atoms with Crippen molar-refractivity contribution in [3.05, 3.63) is 23.9 Å². The van der Waals surface area contributed by atoms with Crippen molar-refractivity contribution in [1.82, 2.24) is 10.3 Å². The van der Waals surface area contributed by atoms with Crippen molar-refractivity contribution in [3.8, 4) is 0 Å². The van der Waals surface area contributed by atoms with Crippen LogP contribution in [0.3, 0.4) is 0 Å². The first-order valence-electron chi connectivity index (χ1n) is 13.0. The number of nitrogen functional groups attached to an aromatic ring is 1. The molecule has 0 radical (unpaired) electrons. The molecule has 1 amide bonds. The van der Waals surface area contributed by atoms with E-state index in [1.165, 1.54) is 32.1 Å². The standard InChI is InChI=1S/C26H39N5O3/c27-24(28)21-8-11-23(29-16-21)31-14-12-19(13-15-31)25(32)30-22-9-6-20(7-10-22)26(33)34-17-18-4-2-1-3-5-18/h8,11,16,18-20,22H,1-7,9-10,12-15,17H2,(H3,27,28)(H,30,32). The first-order valence-corrected chi connectivity index (χ1v) is 13.0. The molecule has 0 bridgehead atoms. The number of hydrogen-bond donors (Lipinski definition) is 3. The Bertz CT molecular complexity index is 836. The number of amides is 1. The van der Waals surface area contributed by atoms with E-state index in [0.29, 0.717) is 18.1 Å². The lowest BCUT2D eigenvalue weighted by Crippen LogP contribution is -2.45. The highest BCUT2D eigenvalue weighted by Gasteiger charge is 2.31. The molecule has 8 nitrogen and oxygen atoms in total. The van der Waals surface area contributed by atoms with Crippen LogP contribution in [0.15, 0.2) is 18.3 Å². The summed E-state index contributed by atoms with van der Waals surface area (Å²) in [6, 6.07) is 3.86. The number of ether oxygens (including phenoxy) is 1. The number of aromatic nitrogens is 1. The number of amidine groups is 1. The van der Waals surface area contributed by atoms with Crippen molar-refractivity contribution in [1.29, 1.82) is 5.41 Å². The molecule has 1 aromatic heterocycles. The number of esters is 1. The summed E-state index contributed by atoms with van der Waals surface area (Å²) >= 11 is 0. The van der Waals surface area contributed by atoms with E-state index in [1.54, 1.807) is 6.20 Å². The van der Waals surface area contributed by atoms with Crippen LogP contribution in [0.1, 0.15) is 76.2 Å². The number of nitrogens with one attached hydrogen (secondary N) is 2. The molecule has 3 aliphatic rings. The maximum atomic E-state index is 12.8. The van der Waals surface area contributed by atoms with Crippen LogP contribution in [-0.2, 0) is 14.3 Å². The molecule has 1 aromatic rings. The Labute approximate surface area is 202 Å². The predicted octanol–water partition coefficient (Wildman–Crippen LogP) is 3.38. The maximum Gasteiger partial charge on any atom is 0.308 e. The summed E-state index contributed by atoms with van der Waals surface area (Å²) in [5.41, 5.74) is 6.11. The summed E-state index contributed by atoms with van der Waals surface area (Å²) in [5.74, 6) is 1.54. The zero-order valence-electron chi connectivity index (χ0n) is 20.1. The van der Waals surface area contributed by atoms with Gasteiger partial charge in [0.25, 0.3) is 0 Å². The van der Waals surface area contributed by atoms with Crippen molar-refractivity contribution in [3.63, 3.8) is 0 Å². The Morgan fingerprint density at radius 3 is 2.32 bits per heavy atom. The van der Waals surface area contributed by atoms with Gasteiger partial charge in [-0.25, -0.2) is 4.98 Å². The summed E-state index contributed by atoms with van der Waals surface area (Å²) in [6.45, 7) is 2.15. The molecule has 34 heavy (non-hydrogen) atoms. The molecule has 4 N–H and O–H groups in total.